The molecule has 18 heteroatoms. The van der Waals surface area contributed by atoms with Gasteiger partial charge in [0.25, 0.3) is 0 Å². The van der Waals surface area contributed by atoms with E-state index in [1.807, 2.05) is 34.6 Å². The molecule has 64 heavy (non-hydrogen) atoms. The quantitative estimate of drug-likeness (QED) is 0.0842. The van der Waals surface area contributed by atoms with Gasteiger partial charge in [-0.3, -0.25) is 0 Å². The van der Waals surface area contributed by atoms with E-state index in [0.717, 1.165) is 5.57 Å². The first-order chi connectivity index (χ1) is 29.9. The summed E-state index contributed by atoms with van der Waals surface area (Å²) >= 11 is 0. The molecule has 0 bridgehead atoms. The standard InChI is InChI=1S/C46H78O18/c1-20(2)9-8-12-46(7,64-41-37(58)34(55)32(53)27(17-47)61-41)21-10-13-44(5)23-16-26(39-43(3,4)29(51)11-14-45(39,6)22(23)15-24(49)30(21)44)60-42-38(35(56)33(54)28(18-48)62-42)63-40-36(57)31(52)25(50)19-59-40/h9,21-42,47-58H,8,10-19H2,1-7H3/t21-,22-,23?,24+,25+,26-,27+,28+,29-,30-,31-,32+,33+,34-,35-,36+,37+,38+,39-,40-,41-,42+,44-,45+,46-/m0/s1. The molecule has 25 atom stereocenters. The maximum Gasteiger partial charge on any atom is 0.187 e. The summed E-state index contributed by atoms with van der Waals surface area (Å²) in [5, 5.41) is 131. The van der Waals surface area contributed by atoms with Gasteiger partial charge < -0.3 is 89.7 Å². The fourth-order valence-corrected chi connectivity index (χ4v) is 14.1. The van der Waals surface area contributed by atoms with E-state index in [0.29, 0.717) is 51.4 Å². The summed E-state index contributed by atoms with van der Waals surface area (Å²) in [6.07, 6.45) is -16.9. The lowest BCUT2D eigenvalue weighted by Gasteiger charge is -2.68. The molecule has 0 aromatic heterocycles. The zero-order valence-electron chi connectivity index (χ0n) is 38.4. The van der Waals surface area contributed by atoms with Gasteiger partial charge in [0.1, 0.15) is 67.1 Å². The van der Waals surface area contributed by atoms with Crippen molar-refractivity contribution in [1.29, 1.82) is 0 Å². The number of hydrogen-bond donors (Lipinski definition) is 12. The Labute approximate surface area is 376 Å². The second-order valence-electron chi connectivity index (χ2n) is 22.0. The fourth-order valence-electron chi connectivity index (χ4n) is 14.1. The average Bonchev–Trinajstić information content (AvgIpc) is 3.62. The zero-order valence-corrected chi connectivity index (χ0v) is 38.4. The molecule has 4 aliphatic carbocycles. The molecule has 0 amide bonds. The SMILES string of the molecule is CC(C)=CCC[C@](C)(O[C@@H]1O[C@H](CO)[C@@H](O)[C@H](O)[C@H]1O)[C@H]1CC[C@@]2(C)C3C[C@H](O[C@@H]4O[C@H](CO)[C@@H](O)[C@H](O)[C@H]4O[C@@H]4OC[C@@H](O)[C@H](O)[C@H]4O)[C@H]4C(C)(C)[C@@H](O)CC[C@]4(C)[C@H]3C[C@@H](O)[C@H]12. The van der Waals surface area contributed by atoms with Gasteiger partial charge in [0.2, 0.25) is 0 Å². The maximum atomic E-state index is 12.6. The average molecular weight is 919 g/mol. The van der Waals surface area contributed by atoms with Crippen LogP contribution in [-0.2, 0) is 28.4 Å². The first-order valence-corrected chi connectivity index (χ1v) is 23.5. The van der Waals surface area contributed by atoms with Crippen molar-refractivity contribution in [2.45, 2.75) is 210 Å². The number of aliphatic hydroxyl groups excluding tert-OH is 12. The molecule has 1 unspecified atom stereocenters. The van der Waals surface area contributed by atoms with E-state index in [4.69, 9.17) is 28.4 Å². The summed E-state index contributed by atoms with van der Waals surface area (Å²) in [5.74, 6) is -1.06. The van der Waals surface area contributed by atoms with Crippen LogP contribution in [0.15, 0.2) is 11.6 Å². The third-order valence-corrected chi connectivity index (χ3v) is 17.6. The number of hydrogen-bond acceptors (Lipinski definition) is 18. The van der Waals surface area contributed by atoms with Crippen molar-refractivity contribution in [3.8, 4) is 0 Å². The van der Waals surface area contributed by atoms with Gasteiger partial charge in [-0.2, -0.15) is 0 Å². The molecule has 3 heterocycles. The van der Waals surface area contributed by atoms with Crippen molar-refractivity contribution >= 4 is 0 Å². The van der Waals surface area contributed by atoms with Crippen molar-refractivity contribution in [3.63, 3.8) is 0 Å². The van der Waals surface area contributed by atoms with Crippen LogP contribution in [0, 0.1) is 45.8 Å². The predicted octanol–water partition coefficient (Wildman–Crippen LogP) is -0.807. The normalized spacial score (nSPS) is 52.5. The zero-order chi connectivity index (χ0) is 47.0. The van der Waals surface area contributed by atoms with Crippen LogP contribution in [0.4, 0.5) is 0 Å². The third-order valence-electron chi connectivity index (χ3n) is 17.6. The van der Waals surface area contributed by atoms with Crippen molar-refractivity contribution in [3.05, 3.63) is 11.6 Å². The van der Waals surface area contributed by atoms with E-state index in [1.54, 1.807) is 0 Å². The summed E-state index contributed by atoms with van der Waals surface area (Å²) in [4.78, 5) is 0. The van der Waals surface area contributed by atoms with Gasteiger partial charge in [-0.25, -0.2) is 0 Å². The van der Waals surface area contributed by atoms with Crippen LogP contribution in [0.25, 0.3) is 0 Å². The van der Waals surface area contributed by atoms with Gasteiger partial charge in [-0.1, -0.05) is 39.3 Å². The summed E-state index contributed by atoms with van der Waals surface area (Å²) in [7, 11) is 0. The number of allylic oxidation sites excluding steroid dienone is 2. The Morgan fingerprint density at radius 3 is 1.91 bits per heavy atom. The van der Waals surface area contributed by atoms with E-state index < -0.39 is 139 Å². The molecule has 0 radical (unpaired) electrons. The molecular weight excluding hydrogens is 840 g/mol. The van der Waals surface area contributed by atoms with Crippen LogP contribution < -0.4 is 0 Å². The van der Waals surface area contributed by atoms with Gasteiger partial charge in [0, 0.05) is 0 Å². The van der Waals surface area contributed by atoms with Crippen LogP contribution in [0.2, 0.25) is 0 Å². The molecule has 3 saturated heterocycles. The largest absolute Gasteiger partial charge is 0.394 e. The molecule has 12 N–H and O–H groups in total. The minimum Gasteiger partial charge on any atom is -0.394 e. The van der Waals surface area contributed by atoms with Crippen molar-refractivity contribution in [2.24, 2.45) is 45.8 Å². The highest BCUT2D eigenvalue weighted by Gasteiger charge is 2.70. The molecular formula is C46H78O18. The van der Waals surface area contributed by atoms with Crippen LogP contribution in [-0.4, -0.2) is 191 Å². The summed E-state index contributed by atoms with van der Waals surface area (Å²) in [5.41, 5.74) is -1.69. The Balaban J connectivity index is 1.24. The molecule has 0 aromatic carbocycles. The Bertz CT molecular complexity index is 1610. The molecule has 3 aliphatic heterocycles. The minimum atomic E-state index is -1.73. The van der Waals surface area contributed by atoms with E-state index in [9.17, 15) is 61.3 Å². The first kappa shape index (κ1) is 50.9. The van der Waals surface area contributed by atoms with Crippen molar-refractivity contribution in [1.82, 2.24) is 0 Å². The topological polar surface area (TPSA) is 298 Å². The number of ether oxygens (including phenoxy) is 6. The Morgan fingerprint density at radius 2 is 1.27 bits per heavy atom. The maximum absolute atomic E-state index is 12.6. The lowest BCUT2D eigenvalue weighted by Crippen LogP contribution is -2.68. The molecule has 7 fully saturated rings. The van der Waals surface area contributed by atoms with E-state index >= 15 is 0 Å². The van der Waals surface area contributed by atoms with E-state index in [-0.39, 0.29) is 36.2 Å². The van der Waals surface area contributed by atoms with E-state index in [1.165, 1.54) is 0 Å². The molecule has 0 aromatic rings. The lowest BCUT2D eigenvalue weighted by atomic mass is 9.39. The smallest absolute Gasteiger partial charge is 0.187 e. The number of rotatable bonds is 12. The summed E-state index contributed by atoms with van der Waals surface area (Å²) < 4.78 is 37.5. The molecule has 370 valence electrons. The highest BCUT2D eigenvalue weighted by Crippen LogP contribution is 2.72. The van der Waals surface area contributed by atoms with Crippen LogP contribution in [0.1, 0.15) is 99.8 Å². The molecule has 4 saturated carbocycles. The van der Waals surface area contributed by atoms with Gasteiger partial charge in [0.05, 0.1) is 43.7 Å². The second kappa shape index (κ2) is 19.1. The first-order valence-electron chi connectivity index (χ1n) is 23.5. The lowest BCUT2D eigenvalue weighted by molar-refractivity contribution is -0.373. The highest BCUT2D eigenvalue weighted by molar-refractivity contribution is 5.18. The highest BCUT2D eigenvalue weighted by atomic mass is 16.8. The third kappa shape index (κ3) is 8.80. The van der Waals surface area contributed by atoms with Crippen LogP contribution in [0.3, 0.4) is 0 Å². The summed E-state index contributed by atoms with van der Waals surface area (Å²) in [6, 6.07) is 0. The van der Waals surface area contributed by atoms with Gasteiger partial charge in [-0.15, -0.1) is 0 Å². The van der Waals surface area contributed by atoms with E-state index in [2.05, 4.69) is 19.9 Å². The van der Waals surface area contributed by atoms with Crippen LogP contribution in [0.5, 0.6) is 0 Å². The second-order valence-corrected chi connectivity index (χ2v) is 22.0. The van der Waals surface area contributed by atoms with Gasteiger partial charge in [0.15, 0.2) is 18.9 Å². The molecule has 7 rings (SSSR count). The Morgan fingerprint density at radius 1 is 0.672 bits per heavy atom. The summed E-state index contributed by atoms with van der Waals surface area (Å²) in [6.45, 7) is 12.7. The number of aliphatic hydroxyl groups is 12. The predicted molar refractivity (Wildman–Crippen MR) is 224 cm³/mol. The Hall–Kier alpha value is -0.980. The molecule has 7 aliphatic rings. The fraction of sp³-hybridized carbons (Fsp3) is 0.957. The number of fused-ring (bicyclic) bond motifs is 5. The minimum absolute atomic E-state index is 0.0296. The molecule has 0 spiro atoms. The van der Waals surface area contributed by atoms with Gasteiger partial charge >= 0.3 is 0 Å². The molecule has 18 nitrogen and oxygen atoms in total. The Kier molecular flexibility index (Phi) is 15.2. The van der Waals surface area contributed by atoms with Crippen molar-refractivity contribution < 1.29 is 89.7 Å². The monoisotopic (exact) mass is 919 g/mol. The van der Waals surface area contributed by atoms with Gasteiger partial charge in [-0.05, 0) is 118 Å². The van der Waals surface area contributed by atoms with Crippen molar-refractivity contribution in [2.75, 3.05) is 19.8 Å². The van der Waals surface area contributed by atoms with Crippen LogP contribution >= 0.6 is 0 Å².